The number of hydrogen-bond acceptors (Lipinski definition) is 4. The molecular weight excluding hydrogens is 294 g/mol. The van der Waals surface area contributed by atoms with Crippen molar-refractivity contribution in [3.63, 3.8) is 0 Å². The minimum atomic E-state index is -0.509. The number of methoxy groups -OCH3 is 1. The lowest BCUT2D eigenvalue weighted by atomic mass is 9.97. The summed E-state index contributed by atoms with van der Waals surface area (Å²) in [6, 6.07) is 16.8. The van der Waals surface area contributed by atoms with Gasteiger partial charge in [0.25, 0.3) is 5.69 Å². The predicted molar refractivity (Wildman–Crippen MR) is 87.0 cm³/mol. The fraction of sp³-hybridized carbons (Fsp3) is 0.0556. The van der Waals surface area contributed by atoms with Crippen LogP contribution in [0.15, 0.2) is 60.7 Å². The minimum absolute atomic E-state index is 0.0539. The largest absolute Gasteiger partial charge is 0.496 e. The number of ether oxygens (including phenoxy) is 1. The molecular formula is C18H13NO4. The summed E-state index contributed by atoms with van der Waals surface area (Å²) >= 11 is 0. The van der Waals surface area contributed by atoms with Crippen molar-refractivity contribution in [2.75, 3.05) is 7.11 Å². The van der Waals surface area contributed by atoms with E-state index in [1.165, 1.54) is 13.2 Å². The van der Waals surface area contributed by atoms with Gasteiger partial charge in [-0.25, -0.2) is 0 Å². The molecule has 23 heavy (non-hydrogen) atoms. The quantitative estimate of drug-likeness (QED) is 0.415. The van der Waals surface area contributed by atoms with Crippen LogP contribution in [-0.2, 0) is 0 Å². The van der Waals surface area contributed by atoms with Gasteiger partial charge in [0.15, 0.2) is 0 Å². The predicted octanol–water partition coefficient (Wildman–Crippen LogP) is 3.99. The highest BCUT2D eigenvalue weighted by Gasteiger charge is 2.25. The van der Waals surface area contributed by atoms with E-state index in [2.05, 4.69) is 0 Å². The summed E-state index contributed by atoms with van der Waals surface area (Å²) in [4.78, 5) is 23.8. The highest BCUT2D eigenvalue weighted by molar-refractivity contribution is 6.16. The van der Waals surface area contributed by atoms with Crippen molar-refractivity contribution >= 4 is 22.2 Å². The van der Waals surface area contributed by atoms with Gasteiger partial charge in [0.2, 0.25) is 5.78 Å². The van der Waals surface area contributed by atoms with E-state index in [0.717, 1.165) is 5.39 Å². The topological polar surface area (TPSA) is 69.4 Å². The highest BCUT2D eigenvalue weighted by atomic mass is 16.6. The molecule has 3 aromatic rings. The van der Waals surface area contributed by atoms with Crippen LogP contribution in [0.5, 0.6) is 5.75 Å². The molecule has 0 bridgehead atoms. The first-order chi connectivity index (χ1) is 11.1. The molecule has 0 unspecified atom stereocenters. The number of benzene rings is 3. The summed E-state index contributed by atoms with van der Waals surface area (Å²) in [5.74, 6) is -0.0418. The third-order valence-electron chi connectivity index (χ3n) is 3.68. The first-order valence-corrected chi connectivity index (χ1v) is 6.97. The van der Waals surface area contributed by atoms with Gasteiger partial charge < -0.3 is 4.74 Å². The molecule has 5 heteroatoms. The van der Waals surface area contributed by atoms with Gasteiger partial charge in [0.05, 0.1) is 23.0 Å². The lowest BCUT2D eigenvalue weighted by Gasteiger charge is -2.09. The minimum Gasteiger partial charge on any atom is -0.496 e. The molecule has 0 N–H and O–H groups in total. The lowest BCUT2D eigenvalue weighted by Crippen LogP contribution is -2.07. The Morgan fingerprint density at radius 2 is 1.65 bits per heavy atom. The number of hydrogen-bond donors (Lipinski definition) is 0. The number of nitro groups is 1. The third-order valence-corrected chi connectivity index (χ3v) is 3.68. The number of fused-ring (bicyclic) bond motifs is 1. The molecule has 114 valence electrons. The van der Waals surface area contributed by atoms with Crippen molar-refractivity contribution in [1.82, 2.24) is 0 Å². The summed E-state index contributed by atoms with van der Waals surface area (Å²) in [5, 5.41) is 12.7. The Morgan fingerprint density at radius 1 is 0.957 bits per heavy atom. The molecule has 0 amide bonds. The Kier molecular flexibility index (Phi) is 3.76. The lowest BCUT2D eigenvalue weighted by molar-refractivity contribution is -0.383. The van der Waals surface area contributed by atoms with Gasteiger partial charge >= 0.3 is 0 Å². The van der Waals surface area contributed by atoms with Crippen LogP contribution in [0.3, 0.4) is 0 Å². The Morgan fingerprint density at radius 3 is 2.39 bits per heavy atom. The Labute approximate surface area is 132 Å². The van der Waals surface area contributed by atoms with E-state index in [4.69, 9.17) is 4.74 Å². The van der Waals surface area contributed by atoms with Gasteiger partial charge in [-0.15, -0.1) is 0 Å². The molecule has 5 nitrogen and oxygen atoms in total. The van der Waals surface area contributed by atoms with Crippen LogP contribution < -0.4 is 4.74 Å². The van der Waals surface area contributed by atoms with Crippen LogP contribution in [0.25, 0.3) is 10.8 Å². The maximum absolute atomic E-state index is 12.8. The van der Waals surface area contributed by atoms with Crippen LogP contribution in [-0.4, -0.2) is 17.8 Å². The van der Waals surface area contributed by atoms with Crippen molar-refractivity contribution < 1.29 is 14.5 Å². The van der Waals surface area contributed by atoms with E-state index in [1.807, 2.05) is 0 Å². The molecule has 0 fully saturated rings. The van der Waals surface area contributed by atoms with E-state index in [9.17, 15) is 14.9 Å². The monoisotopic (exact) mass is 307 g/mol. The summed E-state index contributed by atoms with van der Waals surface area (Å²) in [7, 11) is 1.46. The highest BCUT2D eigenvalue weighted by Crippen LogP contribution is 2.32. The molecule has 0 saturated heterocycles. The van der Waals surface area contributed by atoms with Crippen molar-refractivity contribution in [3.05, 3.63) is 81.9 Å². The Balaban J connectivity index is 2.25. The number of para-hydroxylation sites is 1. The molecule has 0 radical (unpaired) electrons. The van der Waals surface area contributed by atoms with Gasteiger partial charge in [-0.05, 0) is 29.7 Å². The average molecular weight is 307 g/mol. The van der Waals surface area contributed by atoms with E-state index in [-0.39, 0.29) is 11.3 Å². The molecule has 0 atom stereocenters. The zero-order valence-corrected chi connectivity index (χ0v) is 12.4. The van der Waals surface area contributed by atoms with Crippen LogP contribution in [0.1, 0.15) is 15.9 Å². The fourth-order valence-corrected chi connectivity index (χ4v) is 2.61. The maximum atomic E-state index is 12.8. The van der Waals surface area contributed by atoms with E-state index >= 15 is 0 Å². The van der Waals surface area contributed by atoms with Crippen LogP contribution >= 0.6 is 0 Å². The van der Waals surface area contributed by atoms with Gasteiger partial charge in [-0.3, -0.25) is 14.9 Å². The zero-order chi connectivity index (χ0) is 16.4. The zero-order valence-electron chi connectivity index (χ0n) is 12.4. The normalized spacial score (nSPS) is 10.5. The summed E-state index contributed by atoms with van der Waals surface area (Å²) in [5.41, 5.74) is 0.172. The van der Waals surface area contributed by atoms with Gasteiger partial charge in [0.1, 0.15) is 11.3 Å². The number of rotatable bonds is 4. The molecule has 0 saturated carbocycles. The molecule has 0 aliphatic carbocycles. The second-order valence-electron chi connectivity index (χ2n) is 4.97. The molecule has 3 rings (SSSR count). The van der Waals surface area contributed by atoms with Crippen LogP contribution in [0, 0.1) is 10.1 Å². The summed E-state index contributed by atoms with van der Waals surface area (Å²) in [6.07, 6.45) is 0. The van der Waals surface area contributed by atoms with E-state index in [1.54, 1.807) is 54.6 Å². The molecule has 0 aliphatic rings. The Hall–Kier alpha value is -3.21. The summed E-state index contributed by atoms with van der Waals surface area (Å²) < 4.78 is 5.19. The van der Waals surface area contributed by atoms with E-state index in [0.29, 0.717) is 16.7 Å². The number of carbonyl (C=O) groups is 1. The molecule has 3 aromatic carbocycles. The molecule has 0 aromatic heterocycles. The first-order valence-electron chi connectivity index (χ1n) is 6.97. The van der Waals surface area contributed by atoms with Crippen molar-refractivity contribution in [3.8, 4) is 5.75 Å². The van der Waals surface area contributed by atoms with Gasteiger partial charge in [-0.2, -0.15) is 0 Å². The maximum Gasteiger partial charge on any atom is 0.288 e. The van der Waals surface area contributed by atoms with Crippen molar-refractivity contribution in [1.29, 1.82) is 0 Å². The number of nitro benzene ring substituents is 1. The van der Waals surface area contributed by atoms with Crippen molar-refractivity contribution in [2.45, 2.75) is 0 Å². The fourth-order valence-electron chi connectivity index (χ4n) is 2.61. The van der Waals surface area contributed by atoms with Crippen LogP contribution in [0.2, 0.25) is 0 Å². The average Bonchev–Trinajstić information content (AvgIpc) is 2.59. The van der Waals surface area contributed by atoms with E-state index < -0.39 is 10.7 Å². The standard InChI is InChI=1S/C18H13NO4/c1-23-16-9-5-4-8-14(16)18(20)15-11-10-12-6-2-3-7-13(12)17(15)19(21)22/h2-11H,1H3. The SMILES string of the molecule is COc1ccccc1C(=O)c1ccc2ccccc2c1[N+](=O)[O-]. The number of ketones is 1. The molecule has 0 heterocycles. The third kappa shape index (κ3) is 2.53. The van der Waals surface area contributed by atoms with Gasteiger partial charge in [-0.1, -0.05) is 36.4 Å². The van der Waals surface area contributed by atoms with Crippen LogP contribution in [0.4, 0.5) is 5.69 Å². The first kappa shape index (κ1) is 14.7. The number of nitrogens with zero attached hydrogens (tertiary/aromatic N) is 1. The molecule has 0 aliphatic heterocycles. The summed E-state index contributed by atoms with van der Waals surface area (Å²) in [6.45, 7) is 0. The van der Waals surface area contributed by atoms with Crippen molar-refractivity contribution in [2.24, 2.45) is 0 Å². The smallest absolute Gasteiger partial charge is 0.288 e. The Bertz CT molecular complexity index is 918. The van der Waals surface area contributed by atoms with Gasteiger partial charge in [0, 0.05) is 0 Å². The number of carbonyl (C=O) groups excluding carboxylic acids is 1. The second-order valence-corrected chi connectivity index (χ2v) is 4.97. The second kappa shape index (κ2) is 5.88. The molecule has 0 spiro atoms.